The first kappa shape index (κ1) is 17.7. The third-order valence-electron chi connectivity index (χ3n) is 3.81. The second-order valence-corrected chi connectivity index (χ2v) is 5.81. The van der Waals surface area contributed by atoms with Crippen LogP contribution in [0.1, 0.15) is 32.6 Å². The summed E-state index contributed by atoms with van der Waals surface area (Å²) in [6, 6.07) is 18.6. The molecule has 0 aliphatic heterocycles. The van der Waals surface area contributed by atoms with Crippen molar-refractivity contribution in [2.45, 2.75) is 32.6 Å². The van der Waals surface area contributed by atoms with E-state index in [-0.39, 0.29) is 24.2 Å². The number of anilines is 2. The van der Waals surface area contributed by atoms with Crippen molar-refractivity contribution in [2.24, 2.45) is 5.92 Å². The first-order chi connectivity index (χ1) is 11.7. The Morgan fingerprint density at radius 3 is 1.96 bits per heavy atom. The zero-order valence-corrected chi connectivity index (χ0v) is 14.0. The minimum absolute atomic E-state index is 0.0992. The molecule has 2 aromatic carbocycles. The quantitative estimate of drug-likeness (QED) is 0.753. The van der Waals surface area contributed by atoms with Gasteiger partial charge in [-0.15, -0.1) is 0 Å². The molecule has 2 N–H and O–H groups in total. The topological polar surface area (TPSA) is 58.2 Å². The van der Waals surface area contributed by atoms with Gasteiger partial charge in [-0.3, -0.25) is 9.59 Å². The fraction of sp³-hybridized carbons (Fsp3) is 0.300. The molecule has 24 heavy (non-hydrogen) atoms. The van der Waals surface area contributed by atoms with Crippen molar-refractivity contribution in [3.63, 3.8) is 0 Å². The molecule has 0 fully saturated rings. The Balaban J connectivity index is 1.96. The summed E-state index contributed by atoms with van der Waals surface area (Å²) in [5, 5.41) is 5.75. The highest BCUT2D eigenvalue weighted by atomic mass is 16.2. The van der Waals surface area contributed by atoms with Crippen LogP contribution in [0.2, 0.25) is 0 Å². The Morgan fingerprint density at radius 2 is 1.42 bits per heavy atom. The van der Waals surface area contributed by atoms with E-state index in [9.17, 15) is 9.59 Å². The van der Waals surface area contributed by atoms with Crippen LogP contribution < -0.4 is 10.6 Å². The number of benzene rings is 2. The molecule has 0 spiro atoms. The van der Waals surface area contributed by atoms with Crippen molar-refractivity contribution in [3.8, 4) is 0 Å². The number of amides is 2. The third kappa shape index (κ3) is 5.88. The maximum absolute atomic E-state index is 12.5. The van der Waals surface area contributed by atoms with Gasteiger partial charge in [-0.2, -0.15) is 0 Å². The van der Waals surface area contributed by atoms with Crippen LogP contribution in [0.4, 0.5) is 11.4 Å². The Morgan fingerprint density at radius 1 is 0.875 bits per heavy atom. The lowest BCUT2D eigenvalue weighted by Crippen LogP contribution is -2.27. The summed E-state index contributed by atoms with van der Waals surface area (Å²) in [5.74, 6) is -0.558. The van der Waals surface area contributed by atoms with Crippen molar-refractivity contribution < 1.29 is 9.59 Å². The second kappa shape index (κ2) is 9.50. The number of para-hydroxylation sites is 2. The number of unbranched alkanes of at least 4 members (excludes halogenated alkanes) is 1. The molecule has 0 saturated heterocycles. The van der Waals surface area contributed by atoms with Gasteiger partial charge in [0.25, 0.3) is 0 Å². The largest absolute Gasteiger partial charge is 0.326 e. The molecule has 0 heterocycles. The van der Waals surface area contributed by atoms with Crippen molar-refractivity contribution in [1.29, 1.82) is 0 Å². The number of carbonyl (C=O) groups excluding carboxylic acids is 2. The van der Waals surface area contributed by atoms with Crippen LogP contribution in [0.25, 0.3) is 0 Å². The molecule has 0 radical (unpaired) electrons. The van der Waals surface area contributed by atoms with Gasteiger partial charge in [-0.05, 0) is 30.7 Å². The van der Waals surface area contributed by atoms with Crippen LogP contribution in [0, 0.1) is 5.92 Å². The van der Waals surface area contributed by atoms with Crippen LogP contribution in [0.3, 0.4) is 0 Å². The van der Waals surface area contributed by atoms with Crippen molar-refractivity contribution in [2.75, 3.05) is 10.6 Å². The molecule has 1 atom stereocenters. The molecule has 4 heteroatoms. The summed E-state index contributed by atoms with van der Waals surface area (Å²) < 4.78 is 0. The van der Waals surface area contributed by atoms with E-state index in [0.29, 0.717) is 6.42 Å². The smallest absolute Gasteiger partial charge is 0.228 e. The van der Waals surface area contributed by atoms with Crippen LogP contribution >= 0.6 is 0 Å². The lowest BCUT2D eigenvalue weighted by Gasteiger charge is -2.16. The highest BCUT2D eigenvalue weighted by Crippen LogP contribution is 2.18. The highest BCUT2D eigenvalue weighted by Gasteiger charge is 2.21. The van der Waals surface area contributed by atoms with E-state index in [0.717, 1.165) is 24.2 Å². The Labute approximate surface area is 143 Å². The molecule has 0 aromatic heterocycles. The van der Waals surface area contributed by atoms with Crippen LogP contribution in [0.15, 0.2) is 60.7 Å². The Kier molecular flexibility index (Phi) is 7.02. The van der Waals surface area contributed by atoms with E-state index in [1.54, 1.807) is 0 Å². The van der Waals surface area contributed by atoms with Gasteiger partial charge in [-0.1, -0.05) is 56.2 Å². The van der Waals surface area contributed by atoms with Crippen LogP contribution in [-0.4, -0.2) is 11.8 Å². The molecule has 0 bridgehead atoms. The predicted octanol–water partition coefficient (Wildman–Crippen LogP) is 4.46. The molecular formula is C20H24N2O2. The van der Waals surface area contributed by atoms with Crippen molar-refractivity contribution >= 4 is 23.2 Å². The molecule has 4 nitrogen and oxygen atoms in total. The highest BCUT2D eigenvalue weighted by molar-refractivity contribution is 5.98. The van der Waals surface area contributed by atoms with Gasteiger partial charge >= 0.3 is 0 Å². The number of hydrogen-bond donors (Lipinski definition) is 2. The van der Waals surface area contributed by atoms with Crippen molar-refractivity contribution in [3.05, 3.63) is 60.7 Å². The van der Waals surface area contributed by atoms with E-state index in [1.165, 1.54) is 0 Å². The maximum Gasteiger partial charge on any atom is 0.228 e. The third-order valence-corrected chi connectivity index (χ3v) is 3.81. The second-order valence-electron chi connectivity index (χ2n) is 5.81. The predicted molar refractivity (Wildman–Crippen MR) is 97.8 cm³/mol. The molecule has 0 saturated carbocycles. The first-order valence-electron chi connectivity index (χ1n) is 8.40. The molecule has 2 aromatic rings. The molecule has 0 unspecified atom stereocenters. The van der Waals surface area contributed by atoms with Crippen molar-refractivity contribution in [1.82, 2.24) is 0 Å². The molecule has 2 rings (SSSR count). The number of nitrogens with one attached hydrogen (secondary N) is 2. The fourth-order valence-corrected chi connectivity index (χ4v) is 2.50. The van der Waals surface area contributed by atoms with Gasteiger partial charge in [0.1, 0.15) is 0 Å². The zero-order chi connectivity index (χ0) is 17.2. The Hall–Kier alpha value is -2.62. The Bertz CT molecular complexity index is 641. The number of carbonyl (C=O) groups is 2. The summed E-state index contributed by atoms with van der Waals surface area (Å²) in [6.07, 6.45) is 2.81. The van der Waals surface area contributed by atoms with Crippen LogP contribution in [-0.2, 0) is 9.59 Å². The van der Waals surface area contributed by atoms with Gasteiger partial charge in [0.15, 0.2) is 0 Å². The maximum atomic E-state index is 12.5. The number of rotatable bonds is 8. The average molecular weight is 324 g/mol. The van der Waals surface area contributed by atoms with E-state index in [2.05, 4.69) is 17.6 Å². The van der Waals surface area contributed by atoms with Crippen LogP contribution in [0.5, 0.6) is 0 Å². The standard InChI is InChI=1S/C20H24N2O2/c1-2-3-10-16(20(24)22-18-13-8-5-9-14-18)15-19(23)21-17-11-6-4-7-12-17/h4-9,11-14,16H,2-3,10,15H2,1H3,(H,21,23)(H,22,24)/t16-/m1/s1. The first-order valence-corrected chi connectivity index (χ1v) is 8.40. The summed E-state index contributed by atoms with van der Waals surface area (Å²) >= 11 is 0. The van der Waals surface area contributed by atoms with E-state index in [1.807, 2.05) is 60.7 Å². The van der Waals surface area contributed by atoms with Gasteiger partial charge < -0.3 is 10.6 Å². The summed E-state index contributed by atoms with van der Waals surface area (Å²) in [6.45, 7) is 2.08. The summed E-state index contributed by atoms with van der Waals surface area (Å²) in [7, 11) is 0. The number of hydrogen-bond acceptors (Lipinski definition) is 2. The van der Waals surface area contributed by atoms with Gasteiger partial charge in [0.05, 0.1) is 0 Å². The summed E-state index contributed by atoms with van der Waals surface area (Å²) in [4.78, 5) is 24.8. The van der Waals surface area contributed by atoms with E-state index in [4.69, 9.17) is 0 Å². The molecule has 2 amide bonds. The molecule has 0 aliphatic rings. The minimum Gasteiger partial charge on any atom is -0.326 e. The van der Waals surface area contributed by atoms with Gasteiger partial charge in [-0.25, -0.2) is 0 Å². The monoisotopic (exact) mass is 324 g/mol. The molecule has 0 aliphatic carbocycles. The molecular weight excluding hydrogens is 300 g/mol. The fourth-order valence-electron chi connectivity index (χ4n) is 2.50. The molecule has 126 valence electrons. The van der Waals surface area contributed by atoms with Gasteiger partial charge in [0, 0.05) is 23.7 Å². The summed E-state index contributed by atoms with van der Waals surface area (Å²) in [5.41, 5.74) is 1.51. The lowest BCUT2D eigenvalue weighted by molar-refractivity contribution is -0.125. The van der Waals surface area contributed by atoms with E-state index >= 15 is 0 Å². The zero-order valence-electron chi connectivity index (χ0n) is 14.0. The lowest BCUT2D eigenvalue weighted by atomic mass is 9.96. The van der Waals surface area contributed by atoms with Gasteiger partial charge in [0.2, 0.25) is 11.8 Å². The minimum atomic E-state index is -0.325. The SMILES string of the molecule is CCCC[C@H](CC(=O)Nc1ccccc1)C(=O)Nc1ccccc1. The normalized spacial score (nSPS) is 11.5. The average Bonchev–Trinajstić information content (AvgIpc) is 2.60. The van der Waals surface area contributed by atoms with E-state index < -0.39 is 0 Å².